The van der Waals surface area contributed by atoms with Crippen LogP contribution in [0.2, 0.25) is 0 Å². The lowest BCUT2D eigenvalue weighted by molar-refractivity contribution is 0.0969. The summed E-state index contributed by atoms with van der Waals surface area (Å²) in [7, 11) is 0. The van der Waals surface area contributed by atoms with Crippen LogP contribution in [0.3, 0.4) is 0 Å². The van der Waals surface area contributed by atoms with Gasteiger partial charge in [0.15, 0.2) is 16.3 Å². The predicted octanol–water partition coefficient (Wildman–Crippen LogP) is 6.44. The minimum atomic E-state index is -0.939. The molecule has 0 fully saturated rings. The molecular formula is C29H19FN2O5S. The largest absolute Gasteiger partial charge is 0.457 e. The lowest BCUT2D eigenvalue weighted by atomic mass is 9.98. The molecule has 0 radical (unpaired) electrons. The minimum absolute atomic E-state index is 0.0276. The molecule has 1 aliphatic heterocycles. The number of ketones is 1. The van der Waals surface area contributed by atoms with Gasteiger partial charge in [-0.15, -0.1) is 0 Å². The molecule has 1 aliphatic rings. The number of carbonyl (C=O) groups excluding carboxylic acids is 2. The Hall–Kier alpha value is -4.63. The molecule has 0 saturated heterocycles. The molecule has 1 unspecified atom stereocenters. The molecule has 6 rings (SSSR count). The van der Waals surface area contributed by atoms with E-state index < -0.39 is 23.2 Å². The number of carbonyl (C=O) groups is 2. The van der Waals surface area contributed by atoms with Gasteiger partial charge in [-0.05, 0) is 55.0 Å². The van der Waals surface area contributed by atoms with Crippen molar-refractivity contribution >= 4 is 39.1 Å². The Morgan fingerprint density at radius 1 is 1.03 bits per heavy atom. The molecule has 188 valence electrons. The van der Waals surface area contributed by atoms with Crippen LogP contribution in [0.15, 0.2) is 82.0 Å². The highest BCUT2D eigenvalue weighted by atomic mass is 32.1. The molecule has 2 aromatic heterocycles. The van der Waals surface area contributed by atoms with E-state index in [0.29, 0.717) is 27.6 Å². The van der Waals surface area contributed by atoms with Crippen molar-refractivity contribution in [2.24, 2.45) is 0 Å². The summed E-state index contributed by atoms with van der Waals surface area (Å²) in [6.07, 6.45) is 0. The quantitative estimate of drug-likeness (QED) is 0.245. The second kappa shape index (κ2) is 9.04. The van der Waals surface area contributed by atoms with Crippen molar-refractivity contribution in [2.75, 3.05) is 4.90 Å². The van der Waals surface area contributed by atoms with Gasteiger partial charge in [0.1, 0.15) is 22.9 Å². The molecular weight excluding hydrogens is 507 g/mol. The van der Waals surface area contributed by atoms with E-state index in [1.807, 2.05) is 30.3 Å². The molecule has 0 spiro atoms. The maximum atomic E-state index is 14.1. The van der Waals surface area contributed by atoms with E-state index >= 15 is 0 Å². The third kappa shape index (κ3) is 3.88. The van der Waals surface area contributed by atoms with Gasteiger partial charge < -0.3 is 9.15 Å². The van der Waals surface area contributed by atoms with Gasteiger partial charge in [-0.1, -0.05) is 41.7 Å². The highest BCUT2D eigenvalue weighted by Crippen LogP contribution is 2.44. The molecule has 1 amide bonds. The lowest BCUT2D eigenvalue weighted by Gasteiger charge is -2.23. The number of anilines is 1. The molecule has 7 nitrogen and oxygen atoms in total. The predicted molar refractivity (Wildman–Crippen MR) is 141 cm³/mol. The third-order valence-corrected chi connectivity index (χ3v) is 7.55. The average molecular weight is 527 g/mol. The molecule has 0 bridgehead atoms. The van der Waals surface area contributed by atoms with Crippen LogP contribution in [0.1, 0.15) is 50.0 Å². The smallest absolute Gasteiger partial charge is 0.297 e. The Balaban J connectivity index is 1.56. The number of para-hydroxylation sites is 1. The fourth-order valence-corrected chi connectivity index (χ4v) is 5.63. The molecule has 5 aromatic rings. The van der Waals surface area contributed by atoms with E-state index in [1.54, 1.807) is 31.2 Å². The minimum Gasteiger partial charge on any atom is -0.457 e. The Morgan fingerprint density at radius 2 is 1.79 bits per heavy atom. The van der Waals surface area contributed by atoms with Gasteiger partial charge in [0.2, 0.25) is 5.76 Å². The normalized spacial score (nSPS) is 14.7. The molecule has 1 atom stereocenters. The fraction of sp³-hybridized carbons (Fsp3) is 0.103. The van der Waals surface area contributed by atoms with Gasteiger partial charge in [-0.2, -0.15) is 0 Å². The van der Waals surface area contributed by atoms with E-state index in [9.17, 15) is 18.8 Å². The molecule has 0 N–H and O–H groups in total. The van der Waals surface area contributed by atoms with Gasteiger partial charge in [-0.3, -0.25) is 19.3 Å². The Morgan fingerprint density at radius 3 is 2.53 bits per heavy atom. The number of aromatic nitrogens is 1. The van der Waals surface area contributed by atoms with Crippen molar-refractivity contribution in [1.82, 2.24) is 4.98 Å². The van der Waals surface area contributed by atoms with Crippen molar-refractivity contribution in [2.45, 2.75) is 19.9 Å². The first-order valence-electron chi connectivity index (χ1n) is 11.7. The number of hydrogen-bond donors (Lipinski definition) is 0. The summed E-state index contributed by atoms with van der Waals surface area (Å²) in [5, 5.41) is 0.276. The number of aryl methyl sites for hydroxylation is 1. The number of ether oxygens (including phenoxy) is 1. The highest BCUT2D eigenvalue weighted by molar-refractivity contribution is 7.17. The molecule has 38 heavy (non-hydrogen) atoms. The number of rotatable bonds is 5. The summed E-state index contributed by atoms with van der Waals surface area (Å²) in [4.78, 5) is 45.9. The molecule has 0 saturated carbocycles. The van der Waals surface area contributed by atoms with Crippen LogP contribution in [0.4, 0.5) is 9.52 Å². The SMILES string of the molecule is CC(=O)c1sc(N2C(=O)c3oc4ccc(F)cc4c(=O)c3C2c2cccc(Oc3ccccc3)c2)nc1C. The Labute approximate surface area is 219 Å². The van der Waals surface area contributed by atoms with E-state index in [1.165, 1.54) is 24.0 Å². The van der Waals surface area contributed by atoms with Crippen LogP contribution in [0, 0.1) is 12.7 Å². The standard InChI is InChI=1S/C29H19FN2O5S/c1-15-27(16(2)33)38-29(31-15)32-24(17-7-6-10-20(13-17)36-19-8-4-3-5-9-19)23-25(34)21-14-18(30)11-12-22(21)37-26(23)28(32)35/h3-14,24H,1-2H3. The molecule has 3 aromatic carbocycles. The zero-order valence-corrected chi connectivity index (χ0v) is 21.0. The summed E-state index contributed by atoms with van der Waals surface area (Å²) < 4.78 is 26.0. The average Bonchev–Trinajstić information content (AvgIpc) is 3.43. The summed E-state index contributed by atoms with van der Waals surface area (Å²) in [6, 6.07) is 18.9. The Kier molecular flexibility index (Phi) is 5.65. The first-order valence-corrected chi connectivity index (χ1v) is 12.5. The third-order valence-electron chi connectivity index (χ3n) is 6.30. The molecule has 9 heteroatoms. The van der Waals surface area contributed by atoms with Gasteiger partial charge in [0, 0.05) is 6.92 Å². The number of Topliss-reactive ketones (excluding diaryl/α,β-unsaturated/α-hetero) is 1. The van der Waals surface area contributed by atoms with Crippen LogP contribution in [0.25, 0.3) is 11.0 Å². The lowest BCUT2D eigenvalue weighted by Crippen LogP contribution is -2.29. The summed E-state index contributed by atoms with van der Waals surface area (Å²) in [5.74, 6) is -0.391. The van der Waals surface area contributed by atoms with E-state index in [2.05, 4.69) is 4.98 Å². The first-order chi connectivity index (χ1) is 18.3. The Bertz CT molecular complexity index is 1810. The van der Waals surface area contributed by atoms with Crippen molar-refractivity contribution in [3.63, 3.8) is 0 Å². The van der Waals surface area contributed by atoms with Crippen molar-refractivity contribution in [3.05, 3.63) is 116 Å². The van der Waals surface area contributed by atoms with Crippen molar-refractivity contribution < 1.29 is 23.1 Å². The molecule has 3 heterocycles. The van der Waals surface area contributed by atoms with Crippen molar-refractivity contribution in [3.8, 4) is 11.5 Å². The number of thiazole rings is 1. The highest BCUT2D eigenvalue weighted by Gasteiger charge is 2.45. The van der Waals surface area contributed by atoms with Crippen LogP contribution in [-0.4, -0.2) is 16.7 Å². The second-order valence-corrected chi connectivity index (χ2v) is 9.82. The summed E-state index contributed by atoms with van der Waals surface area (Å²) >= 11 is 1.07. The van der Waals surface area contributed by atoms with E-state index in [0.717, 1.165) is 17.4 Å². The molecule has 0 aliphatic carbocycles. The van der Waals surface area contributed by atoms with Crippen LogP contribution in [-0.2, 0) is 0 Å². The second-order valence-electron chi connectivity index (χ2n) is 8.85. The van der Waals surface area contributed by atoms with E-state index in [4.69, 9.17) is 9.15 Å². The summed E-state index contributed by atoms with van der Waals surface area (Å²) in [6.45, 7) is 3.12. The van der Waals surface area contributed by atoms with Crippen LogP contribution >= 0.6 is 11.3 Å². The van der Waals surface area contributed by atoms with Crippen LogP contribution in [0.5, 0.6) is 11.5 Å². The topological polar surface area (TPSA) is 89.7 Å². The maximum absolute atomic E-state index is 14.1. The fourth-order valence-electron chi connectivity index (χ4n) is 4.64. The maximum Gasteiger partial charge on any atom is 0.297 e. The number of benzene rings is 3. The van der Waals surface area contributed by atoms with Gasteiger partial charge in [-0.25, -0.2) is 9.37 Å². The van der Waals surface area contributed by atoms with Crippen LogP contribution < -0.4 is 15.1 Å². The number of halogens is 1. The van der Waals surface area contributed by atoms with Gasteiger partial charge in [0.25, 0.3) is 5.91 Å². The van der Waals surface area contributed by atoms with Gasteiger partial charge >= 0.3 is 0 Å². The van der Waals surface area contributed by atoms with Gasteiger partial charge in [0.05, 0.1) is 27.6 Å². The summed E-state index contributed by atoms with van der Waals surface area (Å²) in [5.41, 5.74) is 0.696. The number of amides is 1. The van der Waals surface area contributed by atoms with Crippen molar-refractivity contribution in [1.29, 1.82) is 0 Å². The number of nitrogens with zero attached hydrogens (tertiary/aromatic N) is 2. The first kappa shape index (κ1) is 23.7. The number of fused-ring (bicyclic) bond motifs is 2. The van der Waals surface area contributed by atoms with E-state index in [-0.39, 0.29) is 33.2 Å². The monoisotopic (exact) mass is 526 g/mol. The number of hydrogen-bond acceptors (Lipinski definition) is 7. The zero-order valence-electron chi connectivity index (χ0n) is 20.2. The zero-order chi connectivity index (χ0) is 26.6.